The Hall–Kier alpha value is -3.67. The van der Waals surface area contributed by atoms with E-state index in [1.165, 1.54) is 0 Å². The Morgan fingerprint density at radius 2 is 1.66 bits per heavy atom. The second-order valence-electron chi connectivity index (χ2n) is 7.42. The topological polar surface area (TPSA) is 71.4 Å². The van der Waals surface area contributed by atoms with Gasteiger partial charge in [0.1, 0.15) is 5.57 Å². The highest BCUT2D eigenvalue weighted by atomic mass is 16.2. The number of urea groups is 1. The number of hydrogen-bond acceptors (Lipinski definition) is 3. The number of nitrogens with one attached hydrogen (secondary N) is 1. The molecule has 0 unspecified atom stereocenters. The third kappa shape index (κ3) is 3.23. The van der Waals surface area contributed by atoms with Gasteiger partial charge in [0.15, 0.2) is 0 Å². The Balaban J connectivity index is 1.76. The summed E-state index contributed by atoms with van der Waals surface area (Å²) < 4.78 is 1.93. The molecule has 0 aliphatic carbocycles. The van der Waals surface area contributed by atoms with Crippen LogP contribution in [0.3, 0.4) is 0 Å². The smallest absolute Gasteiger partial charge is 0.335 e. The first kappa shape index (κ1) is 18.7. The zero-order valence-electron chi connectivity index (χ0n) is 16.5. The first-order chi connectivity index (χ1) is 13.9. The van der Waals surface area contributed by atoms with Gasteiger partial charge in [-0.25, -0.2) is 9.69 Å². The fraction of sp³-hybridized carbons (Fsp3) is 0.174. The molecule has 4 amide bonds. The number of para-hydroxylation sites is 1. The van der Waals surface area contributed by atoms with Crippen molar-refractivity contribution in [1.82, 2.24) is 9.88 Å². The first-order valence-electron chi connectivity index (χ1n) is 9.42. The van der Waals surface area contributed by atoms with Crippen LogP contribution in [-0.4, -0.2) is 22.4 Å². The van der Waals surface area contributed by atoms with Gasteiger partial charge in [-0.1, -0.05) is 44.2 Å². The van der Waals surface area contributed by atoms with Gasteiger partial charge in [0, 0.05) is 29.7 Å². The molecule has 0 radical (unpaired) electrons. The molecular weight excluding hydrogens is 366 g/mol. The van der Waals surface area contributed by atoms with Crippen molar-refractivity contribution < 1.29 is 14.4 Å². The van der Waals surface area contributed by atoms with Crippen LogP contribution in [0.4, 0.5) is 10.5 Å². The van der Waals surface area contributed by atoms with Crippen LogP contribution < -0.4 is 10.2 Å². The van der Waals surface area contributed by atoms with E-state index >= 15 is 0 Å². The van der Waals surface area contributed by atoms with Gasteiger partial charge in [-0.05, 0) is 35.8 Å². The van der Waals surface area contributed by atoms with Crippen LogP contribution in [0.2, 0.25) is 0 Å². The summed E-state index contributed by atoms with van der Waals surface area (Å²) in [6, 6.07) is 14.2. The summed E-state index contributed by atoms with van der Waals surface area (Å²) in [5.41, 5.74) is 3.18. The Kier molecular flexibility index (Phi) is 4.54. The molecule has 3 aromatic rings. The summed E-state index contributed by atoms with van der Waals surface area (Å²) in [4.78, 5) is 38.9. The standard InChI is InChI=1S/C23H21N3O3/c1-14(2)15-8-10-17(11-9-15)26-22(28)19(21(27)24-23(26)29)12-16-13-25(3)20-7-5-4-6-18(16)20/h4-14H,1-3H3,(H,24,27,29)/b19-12+. The Labute approximate surface area is 168 Å². The number of amides is 4. The Morgan fingerprint density at radius 1 is 0.966 bits per heavy atom. The summed E-state index contributed by atoms with van der Waals surface area (Å²) >= 11 is 0. The minimum Gasteiger partial charge on any atom is -0.350 e. The predicted octanol–water partition coefficient (Wildman–Crippen LogP) is 3.97. The lowest BCUT2D eigenvalue weighted by Gasteiger charge is -2.26. The number of carbonyl (C=O) groups is 3. The predicted molar refractivity (Wildman–Crippen MR) is 112 cm³/mol. The van der Waals surface area contributed by atoms with Crippen LogP contribution in [-0.2, 0) is 16.6 Å². The number of hydrogen-bond donors (Lipinski definition) is 1. The molecule has 4 rings (SSSR count). The van der Waals surface area contributed by atoms with E-state index in [4.69, 9.17) is 0 Å². The normalized spacial score (nSPS) is 16.2. The number of nitrogens with zero attached hydrogens (tertiary/aromatic N) is 2. The van der Waals surface area contributed by atoms with E-state index in [0.717, 1.165) is 26.9 Å². The number of barbiturate groups is 1. The maximum absolute atomic E-state index is 13.1. The zero-order chi connectivity index (χ0) is 20.7. The number of anilines is 1. The monoisotopic (exact) mass is 387 g/mol. The van der Waals surface area contributed by atoms with Crippen LogP contribution in [0, 0.1) is 0 Å². The second-order valence-corrected chi connectivity index (χ2v) is 7.42. The van der Waals surface area contributed by atoms with E-state index in [9.17, 15) is 14.4 Å². The SMILES string of the molecule is CC(C)c1ccc(N2C(=O)NC(=O)/C(=C\c3cn(C)c4ccccc34)C2=O)cc1. The lowest BCUT2D eigenvalue weighted by molar-refractivity contribution is -0.122. The molecular formula is C23H21N3O3. The third-order valence-electron chi connectivity index (χ3n) is 5.15. The van der Waals surface area contributed by atoms with Gasteiger partial charge < -0.3 is 4.57 Å². The lowest BCUT2D eigenvalue weighted by atomic mass is 10.0. The number of fused-ring (bicyclic) bond motifs is 1. The molecule has 0 bridgehead atoms. The molecule has 2 heterocycles. The van der Waals surface area contributed by atoms with Gasteiger partial charge >= 0.3 is 6.03 Å². The molecule has 1 saturated heterocycles. The molecule has 6 nitrogen and oxygen atoms in total. The Bertz CT molecular complexity index is 1170. The van der Waals surface area contributed by atoms with Crippen LogP contribution >= 0.6 is 0 Å². The maximum Gasteiger partial charge on any atom is 0.335 e. The lowest BCUT2D eigenvalue weighted by Crippen LogP contribution is -2.54. The molecule has 146 valence electrons. The molecule has 0 saturated carbocycles. The van der Waals surface area contributed by atoms with Gasteiger partial charge in [0.25, 0.3) is 11.8 Å². The van der Waals surface area contributed by atoms with Gasteiger partial charge in [0.05, 0.1) is 5.69 Å². The van der Waals surface area contributed by atoms with Crippen LogP contribution in [0.15, 0.2) is 60.3 Å². The molecule has 2 aromatic carbocycles. The summed E-state index contributed by atoms with van der Waals surface area (Å²) in [6.45, 7) is 4.13. The van der Waals surface area contributed by atoms with E-state index in [-0.39, 0.29) is 5.57 Å². The fourth-order valence-electron chi connectivity index (χ4n) is 3.54. The second kappa shape index (κ2) is 7.05. The molecule has 1 N–H and O–H groups in total. The average molecular weight is 387 g/mol. The molecule has 0 atom stereocenters. The molecule has 0 spiro atoms. The summed E-state index contributed by atoms with van der Waals surface area (Å²) in [6.07, 6.45) is 3.40. The summed E-state index contributed by atoms with van der Waals surface area (Å²) in [7, 11) is 1.90. The van der Waals surface area contributed by atoms with Crippen molar-refractivity contribution in [3.63, 3.8) is 0 Å². The minimum absolute atomic E-state index is 0.0751. The molecule has 1 aliphatic heterocycles. The van der Waals surface area contributed by atoms with E-state index in [2.05, 4.69) is 19.2 Å². The van der Waals surface area contributed by atoms with Gasteiger partial charge in [-0.2, -0.15) is 0 Å². The first-order valence-corrected chi connectivity index (χ1v) is 9.42. The Morgan fingerprint density at radius 3 is 2.34 bits per heavy atom. The number of benzene rings is 2. The van der Waals surface area contributed by atoms with Crippen molar-refractivity contribution in [1.29, 1.82) is 0 Å². The maximum atomic E-state index is 13.1. The number of aryl methyl sites for hydroxylation is 1. The molecule has 1 aromatic heterocycles. The number of aromatic nitrogens is 1. The highest BCUT2D eigenvalue weighted by Crippen LogP contribution is 2.27. The summed E-state index contributed by atoms with van der Waals surface area (Å²) in [5.74, 6) is -0.995. The van der Waals surface area contributed by atoms with E-state index < -0.39 is 17.8 Å². The van der Waals surface area contributed by atoms with Crippen molar-refractivity contribution in [2.24, 2.45) is 7.05 Å². The number of rotatable bonds is 3. The molecule has 6 heteroatoms. The molecule has 29 heavy (non-hydrogen) atoms. The minimum atomic E-state index is -0.743. The highest BCUT2D eigenvalue weighted by molar-refractivity contribution is 6.39. The van der Waals surface area contributed by atoms with Crippen LogP contribution in [0.25, 0.3) is 17.0 Å². The highest BCUT2D eigenvalue weighted by Gasteiger charge is 2.37. The van der Waals surface area contributed by atoms with Crippen molar-refractivity contribution in [3.8, 4) is 0 Å². The van der Waals surface area contributed by atoms with Crippen LogP contribution in [0.1, 0.15) is 30.9 Å². The number of imide groups is 2. The fourth-order valence-corrected chi connectivity index (χ4v) is 3.54. The van der Waals surface area contributed by atoms with Gasteiger partial charge in [-0.3, -0.25) is 14.9 Å². The summed E-state index contributed by atoms with van der Waals surface area (Å²) in [5, 5.41) is 3.20. The van der Waals surface area contributed by atoms with Crippen molar-refractivity contribution in [2.45, 2.75) is 19.8 Å². The molecule has 1 fully saturated rings. The van der Waals surface area contributed by atoms with Crippen molar-refractivity contribution in [3.05, 3.63) is 71.4 Å². The largest absolute Gasteiger partial charge is 0.350 e. The third-order valence-corrected chi connectivity index (χ3v) is 5.15. The molecule has 1 aliphatic rings. The van der Waals surface area contributed by atoms with Crippen molar-refractivity contribution in [2.75, 3.05) is 4.90 Å². The van der Waals surface area contributed by atoms with Crippen LogP contribution in [0.5, 0.6) is 0 Å². The van der Waals surface area contributed by atoms with Gasteiger partial charge in [-0.15, -0.1) is 0 Å². The average Bonchev–Trinajstić information content (AvgIpc) is 3.01. The van der Waals surface area contributed by atoms with Gasteiger partial charge in [0.2, 0.25) is 0 Å². The van der Waals surface area contributed by atoms with E-state index in [0.29, 0.717) is 11.6 Å². The quantitative estimate of drug-likeness (QED) is 0.546. The van der Waals surface area contributed by atoms with E-state index in [1.807, 2.05) is 54.2 Å². The van der Waals surface area contributed by atoms with E-state index in [1.54, 1.807) is 18.2 Å². The zero-order valence-corrected chi connectivity index (χ0v) is 16.5. The van der Waals surface area contributed by atoms with Crippen molar-refractivity contribution >= 4 is 40.5 Å². The number of carbonyl (C=O) groups excluding carboxylic acids is 3.